The van der Waals surface area contributed by atoms with Crippen molar-refractivity contribution in [3.8, 4) is 0 Å². The first-order valence-corrected chi connectivity index (χ1v) is 13.9. The van der Waals surface area contributed by atoms with Crippen LogP contribution < -0.4 is 10.6 Å². The number of unbranched alkanes of at least 4 members (excludes halogenated alkanes) is 1. The Labute approximate surface area is 233 Å². The number of methoxy groups -OCH3 is 1. The van der Waals surface area contributed by atoms with Gasteiger partial charge in [-0.05, 0) is 68.8 Å². The number of halogens is 1. The molecule has 1 aliphatic rings. The molecule has 3 heterocycles. The standard InChI is InChI=1S/C29H39FN6O4/c1-35-26-10-5-9-23(24(26)17-32-35)28(37)34-25(29(38)39)13-16-36(18-21(30)19-40-2)15-4-3-8-22-12-11-20-7-6-14-31-27(20)33-22/h5,9-12,17,21,25H,3-4,6-8,13-16,18-19H2,1-2H3,(H,31,33)(H,34,37)(H,38,39)/t21-,25-/m0/s1. The van der Waals surface area contributed by atoms with Crippen LogP contribution in [0.5, 0.6) is 0 Å². The first-order valence-electron chi connectivity index (χ1n) is 13.9. The molecule has 216 valence electrons. The molecule has 2 aromatic heterocycles. The van der Waals surface area contributed by atoms with Crippen molar-refractivity contribution in [2.24, 2.45) is 7.05 Å². The van der Waals surface area contributed by atoms with Crippen molar-refractivity contribution in [3.05, 3.63) is 53.3 Å². The molecule has 0 bridgehead atoms. The van der Waals surface area contributed by atoms with Crippen molar-refractivity contribution < 1.29 is 23.8 Å². The largest absolute Gasteiger partial charge is 0.480 e. The number of aromatic nitrogens is 3. The Balaban J connectivity index is 1.33. The molecule has 40 heavy (non-hydrogen) atoms. The summed E-state index contributed by atoms with van der Waals surface area (Å²) in [5, 5.41) is 20.7. The maximum Gasteiger partial charge on any atom is 0.326 e. The molecular formula is C29H39FN6O4. The van der Waals surface area contributed by atoms with Crippen LogP contribution in [0.15, 0.2) is 36.5 Å². The van der Waals surface area contributed by atoms with Crippen LogP contribution in [0.3, 0.4) is 0 Å². The van der Waals surface area contributed by atoms with Crippen LogP contribution in [0.1, 0.15) is 47.3 Å². The van der Waals surface area contributed by atoms with E-state index in [-0.39, 0.29) is 19.6 Å². The van der Waals surface area contributed by atoms with Crippen LogP contribution in [-0.4, -0.2) is 88.8 Å². The zero-order valence-electron chi connectivity index (χ0n) is 23.2. The predicted octanol–water partition coefficient (Wildman–Crippen LogP) is 3.21. The van der Waals surface area contributed by atoms with Gasteiger partial charge < -0.3 is 25.4 Å². The smallest absolute Gasteiger partial charge is 0.326 e. The van der Waals surface area contributed by atoms with Gasteiger partial charge >= 0.3 is 5.97 Å². The first-order chi connectivity index (χ1) is 19.4. The summed E-state index contributed by atoms with van der Waals surface area (Å²) < 4.78 is 21.1. The molecule has 1 amide bonds. The number of benzene rings is 1. The van der Waals surface area contributed by atoms with Gasteiger partial charge in [-0.2, -0.15) is 5.10 Å². The number of aryl methyl sites for hydroxylation is 3. The van der Waals surface area contributed by atoms with E-state index >= 15 is 0 Å². The van der Waals surface area contributed by atoms with Crippen LogP contribution >= 0.6 is 0 Å². The third-order valence-electron chi connectivity index (χ3n) is 7.29. The zero-order valence-corrected chi connectivity index (χ0v) is 23.2. The maximum absolute atomic E-state index is 14.5. The summed E-state index contributed by atoms with van der Waals surface area (Å²) in [7, 11) is 3.23. The number of rotatable bonds is 15. The number of carbonyl (C=O) groups excluding carboxylic acids is 1. The molecule has 2 atom stereocenters. The van der Waals surface area contributed by atoms with Gasteiger partial charge in [0.15, 0.2) is 0 Å². The molecule has 10 nitrogen and oxygen atoms in total. The van der Waals surface area contributed by atoms with Gasteiger partial charge in [-0.3, -0.25) is 9.48 Å². The topological polar surface area (TPSA) is 122 Å². The molecule has 0 unspecified atom stereocenters. The van der Waals surface area contributed by atoms with Gasteiger partial charge in [-0.25, -0.2) is 14.2 Å². The molecule has 0 spiro atoms. The van der Waals surface area contributed by atoms with E-state index in [2.05, 4.69) is 27.9 Å². The summed E-state index contributed by atoms with van der Waals surface area (Å²) in [5.41, 5.74) is 3.42. The summed E-state index contributed by atoms with van der Waals surface area (Å²) in [4.78, 5) is 31.7. The fourth-order valence-corrected chi connectivity index (χ4v) is 5.14. The molecule has 3 N–H and O–H groups in total. The third-order valence-corrected chi connectivity index (χ3v) is 7.29. The van der Waals surface area contributed by atoms with E-state index in [0.717, 1.165) is 55.7 Å². The molecule has 4 rings (SSSR count). The number of carboxylic acid groups (broad SMARTS) is 1. The average Bonchev–Trinajstić information content (AvgIpc) is 3.33. The second-order valence-electron chi connectivity index (χ2n) is 10.3. The molecule has 0 saturated carbocycles. The van der Waals surface area contributed by atoms with Crippen LogP contribution in [0.25, 0.3) is 10.9 Å². The number of hydrogen-bond acceptors (Lipinski definition) is 7. The summed E-state index contributed by atoms with van der Waals surface area (Å²) >= 11 is 0. The highest BCUT2D eigenvalue weighted by Gasteiger charge is 2.24. The number of nitrogens with one attached hydrogen (secondary N) is 2. The molecule has 1 aliphatic heterocycles. The molecule has 3 aromatic rings. The minimum Gasteiger partial charge on any atom is -0.480 e. The van der Waals surface area contributed by atoms with Gasteiger partial charge in [0.1, 0.15) is 18.0 Å². The van der Waals surface area contributed by atoms with E-state index in [4.69, 9.17) is 9.72 Å². The van der Waals surface area contributed by atoms with Gasteiger partial charge in [-0.15, -0.1) is 0 Å². The van der Waals surface area contributed by atoms with Gasteiger partial charge in [0.25, 0.3) is 5.91 Å². The van der Waals surface area contributed by atoms with Gasteiger partial charge in [0, 0.05) is 44.9 Å². The number of alkyl halides is 1. The predicted molar refractivity (Wildman–Crippen MR) is 151 cm³/mol. The lowest BCUT2D eigenvalue weighted by molar-refractivity contribution is -0.139. The van der Waals surface area contributed by atoms with Crippen molar-refractivity contribution in [3.63, 3.8) is 0 Å². The summed E-state index contributed by atoms with van der Waals surface area (Å²) in [6, 6.07) is 8.34. The van der Waals surface area contributed by atoms with E-state index in [0.29, 0.717) is 24.0 Å². The van der Waals surface area contributed by atoms with Crippen LogP contribution in [0, 0.1) is 0 Å². The van der Waals surface area contributed by atoms with E-state index in [1.807, 2.05) is 11.0 Å². The number of anilines is 1. The molecule has 0 radical (unpaired) electrons. The van der Waals surface area contributed by atoms with Crippen molar-refractivity contribution in [1.82, 2.24) is 25.0 Å². The van der Waals surface area contributed by atoms with Crippen LogP contribution in [-0.2, 0) is 29.4 Å². The monoisotopic (exact) mass is 554 g/mol. The van der Waals surface area contributed by atoms with E-state index < -0.39 is 24.1 Å². The molecule has 1 aromatic carbocycles. The van der Waals surface area contributed by atoms with E-state index in [1.54, 1.807) is 30.1 Å². The summed E-state index contributed by atoms with van der Waals surface area (Å²) in [6.45, 7) is 1.96. The maximum atomic E-state index is 14.5. The fraction of sp³-hybridized carbons (Fsp3) is 0.517. The Morgan fingerprint density at radius 1 is 1.25 bits per heavy atom. The Bertz CT molecular complexity index is 1300. The quantitative estimate of drug-likeness (QED) is 0.245. The fourth-order valence-electron chi connectivity index (χ4n) is 5.14. The highest BCUT2D eigenvalue weighted by Crippen LogP contribution is 2.21. The Hall–Kier alpha value is -3.57. The van der Waals surface area contributed by atoms with Crippen molar-refractivity contribution >= 4 is 28.6 Å². The second-order valence-corrected chi connectivity index (χ2v) is 10.3. The van der Waals surface area contributed by atoms with Gasteiger partial charge in [0.2, 0.25) is 0 Å². The number of fused-ring (bicyclic) bond motifs is 2. The Morgan fingerprint density at radius 2 is 2.10 bits per heavy atom. The molecular weight excluding hydrogens is 515 g/mol. The normalized spacial score (nSPS) is 14.5. The van der Waals surface area contributed by atoms with Gasteiger partial charge in [0.05, 0.1) is 23.9 Å². The van der Waals surface area contributed by atoms with Crippen molar-refractivity contribution in [1.29, 1.82) is 0 Å². The van der Waals surface area contributed by atoms with Gasteiger partial charge in [-0.1, -0.05) is 12.1 Å². The van der Waals surface area contributed by atoms with Crippen LogP contribution in [0.2, 0.25) is 0 Å². The number of amides is 1. The lowest BCUT2D eigenvalue weighted by Gasteiger charge is -2.26. The number of carbonyl (C=O) groups is 2. The molecule has 0 saturated heterocycles. The lowest BCUT2D eigenvalue weighted by Crippen LogP contribution is -2.44. The SMILES string of the molecule is COC[C@@H](F)CN(CCCCc1ccc2c(n1)NCCC2)CC[C@H](NC(=O)c1cccc2c1cnn2C)C(=O)O. The number of hydrogen-bond donors (Lipinski definition) is 3. The lowest BCUT2D eigenvalue weighted by atomic mass is 10.1. The first kappa shape index (κ1) is 29.4. The molecule has 0 aliphatic carbocycles. The zero-order chi connectivity index (χ0) is 28.5. The second kappa shape index (κ2) is 14.2. The summed E-state index contributed by atoms with van der Waals surface area (Å²) in [6.07, 6.45) is 5.20. The van der Waals surface area contributed by atoms with Crippen molar-refractivity contribution in [2.45, 2.75) is 50.7 Å². The van der Waals surface area contributed by atoms with Crippen LogP contribution in [0.4, 0.5) is 10.2 Å². The molecule has 11 heteroatoms. The third kappa shape index (κ3) is 7.76. The number of nitrogens with zero attached hydrogens (tertiary/aromatic N) is 4. The highest BCUT2D eigenvalue weighted by atomic mass is 19.1. The van der Waals surface area contributed by atoms with E-state index in [1.165, 1.54) is 12.7 Å². The van der Waals surface area contributed by atoms with E-state index in [9.17, 15) is 19.1 Å². The highest BCUT2D eigenvalue weighted by molar-refractivity contribution is 6.07. The number of ether oxygens (including phenoxy) is 1. The Kier molecular flexibility index (Phi) is 10.4. The Morgan fingerprint density at radius 3 is 2.90 bits per heavy atom. The van der Waals surface area contributed by atoms with Crippen molar-refractivity contribution in [2.75, 3.05) is 45.2 Å². The minimum atomic E-state index is -1.19. The number of aliphatic carboxylic acids is 1. The number of pyridine rings is 1. The average molecular weight is 555 g/mol. The molecule has 0 fully saturated rings. The summed E-state index contributed by atoms with van der Waals surface area (Å²) in [5.74, 6) is -0.633. The minimum absolute atomic E-state index is 0.0310. The number of carboxylic acids is 1.